The van der Waals surface area contributed by atoms with Gasteiger partial charge in [-0.05, 0) is 75.0 Å². The van der Waals surface area contributed by atoms with Gasteiger partial charge in [-0.3, -0.25) is 0 Å². The number of pyridine rings is 1. The van der Waals surface area contributed by atoms with Crippen LogP contribution in [0.3, 0.4) is 0 Å². The van der Waals surface area contributed by atoms with Crippen LogP contribution >= 0.6 is 0 Å². The maximum atomic E-state index is 7.46. The van der Waals surface area contributed by atoms with Crippen LogP contribution < -0.4 is 5.73 Å². The minimum atomic E-state index is 0.643. The standard InChI is InChI=1S/C25H31N5/c26-17-22(18-27)23-8-9-25-24(28-23)12-16-30(25)19-21-10-14-29(15-11-21)13-4-7-20-5-2-1-3-6-20/h1-3,5-6,8-9,12,16-18,21,26H,4,7,10-11,13-15,19,27H2/b22-18+,26-17?. The molecule has 0 amide bonds. The number of nitrogens with two attached hydrogens (primary N) is 1. The van der Waals surface area contributed by atoms with Crippen molar-refractivity contribution in [1.29, 1.82) is 5.41 Å². The SMILES string of the molecule is N=C/C(=C\N)c1ccc2c(ccn2CC2CCN(CCCc3ccccc3)CC2)n1. The van der Waals surface area contributed by atoms with Crippen molar-refractivity contribution in [2.45, 2.75) is 32.2 Å². The Hall–Kier alpha value is -2.92. The number of rotatable bonds is 8. The van der Waals surface area contributed by atoms with Gasteiger partial charge in [-0.1, -0.05) is 30.3 Å². The van der Waals surface area contributed by atoms with Gasteiger partial charge in [0.25, 0.3) is 0 Å². The number of nitrogens with one attached hydrogen (secondary N) is 1. The van der Waals surface area contributed by atoms with E-state index in [2.05, 4.69) is 63.1 Å². The molecular formula is C25H31N5. The molecule has 0 bridgehead atoms. The summed E-state index contributed by atoms with van der Waals surface area (Å²) in [7, 11) is 0. The molecular weight excluding hydrogens is 370 g/mol. The number of hydrogen-bond donors (Lipinski definition) is 2. The van der Waals surface area contributed by atoms with E-state index in [1.54, 1.807) is 0 Å². The number of likely N-dealkylation sites (tertiary alicyclic amines) is 1. The Morgan fingerprint density at radius 3 is 2.63 bits per heavy atom. The normalized spacial score (nSPS) is 16.2. The van der Waals surface area contributed by atoms with E-state index in [1.807, 2.05) is 6.07 Å². The Bertz CT molecular complexity index is 997. The Balaban J connectivity index is 1.28. The number of benzene rings is 1. The van der Waals surface area contributed by atoms with E-state index in [4.69, 9.17) is 11.1 Å². The maximum absolute atomic E-state index is 7.46. The van der Waals surface area contributed by atoms with Gasteiger partial charge in [0.05, 0.1) is 16.7 Å². The summed E-state index contributed by atoms with van der Waals surface area (Å²) in [5.74, 6) is 0.715. The highest BCUT2D eigenvalue weighted by atomic mass is 15.1. The van der Waals surface area contributed by atoms with E-state index >= 15 is 0 Å². The summed E-state index contributed by atoms with van der Waals surface area (Å²) >= 11 is 0. The predicted octanol–water partition coefficient (Wildman–Crippen LogP) is 4.33. The minimum absolute atomic E-state index is 0.643. The predicted molar refractivity (Wildman–Crippen MR) is 125 cm³/mol. The molecule has 4 rings (SSSR count). The average molecular weight is 402 g/mol. The molecule has 1 aromatic carbocycles. The van der Waals surface area contributed by atoms with Crippen LogP contribution in [0.2, 0.25) is 0 Å². The largest absolute Gasteiger partial charge is 0.404 e. The number of allylic oxidation sites excluding steroid dienone is 1. The first kappa shape index (κ1) is 20.4. The molecule has 3 aromatic rings. The summed E-state index contributed by atoms with van der Waals surface area (Å²) in [5.41, 5.74) is 10.6. The van der Waals surface area contributed by atoms with E-state index in [-0.39, 0.29) is 0 Å². The second-order valence-corrected chi connectivity index (χ2v) is 8.21. The minimum Gasteiger partial charge on any atom is -0.404 e. The van der Waals surface area contributed by atoms with Crippen molar-refractivity contribution in [1.82, 2.24) is 14.5 Å². The first-order chi connectivity index (χ1) is 14.8. The van der Waals surface area contributed by atoms with E-state index in [9.17, 15) is 0 Å². The molecule has 0 saturated carbocycles. The van der Waals surface area contributed by atoms with Crippen LogP contribution in [0.5, 0.6) is 0 Å². The average Bonchev–Trinajstić information content (AvgIpc) is 3.19. The van der Waals surface area contributed by atoms with Gasteiger partial charge in [-0.25, -0.2) is 4.98 Å². The molecule has 0 aliphatic carbocycles. The van der Waals surface area contributed by atoms with Crippen LogP contribution in [-0.2, 0) is 13.0 Å². The van der Waals surface area contributed by atoms with Gasteiger partial charge in [0.1, 0.15) is 0 Å². The highest BCUT2D eigenvalue weighted by Crippen LogP contribution is 2.23. The summed E-state index contributed by atoms with van der Waals surface area (Å²) < 4.78 is 2.33. The molecule has 5 nitrogen and oxygen atoms in total. The van der Waals surface area contributed by atoms with Gasteiger partial charge < -0.3 is 20.6 Å². The number of aromatic nitrogens is 2. The number of nitrogens with zero attached hydrogens (tertiary/aromatic N) is 3. The van der Waals surface area contributed by atoms with Crippen LogP contribution in [0.1, 0.15) is 30.5 Å². The van der Waals surface area contributed by atoms with Gasteiger partial charge in [-0.15, -0.1) is 0 Å². The molecule has 1 aliphatic heterocycles. The van der Waals surface area contributed by atoms with Gasteiger partial charge in [-0.2, -0.15) is 0 Å². The third-order valence-corrected chi connectivity index (χ3v) is 6.20. The zero-order chi connectivity index (χ0) is 20.8. The fourth-order valence-electron chi connectivity index (χ4n) is 4.42. The molecule has 0 radical (unpaired) electrons. The molecule has 1 aliphatic rings. The van der Waals surface area contributed by atoms with Crippen LogP contribution in [0.4, 0.5) is 0 Å². The lowest BCUT2D eigenvalue weighted by Gasteiger charge is -2.32. The lowest BCUT2D eigenvalue weighted by Crippen LogP contribution is -2.35. The van der Waals surface area contributed by atoms with Gasteiger partial charge in [0.15, 0.2) is 0 Å². The number of fused-ring (bicyclic) bond motifs is 1. The van der Waals surface area contributed by atoms with Crippen molar-refractivity contribution in [3.05, 3.63) is 72.2 Å². The quantitative estimate of drug-likeness (QED) is 0.552. The summed E-state index contributed by atoms with van der Waals surface area (Å²) in [6.07, 6.45) is 9.74. The molecule has 0 unspecified atom stereocenters. The summed E-state index contributed by atoms with van der Waals surface area (Å²) in [5, 5.41) is 7.46. The Labute approximate surface area is 178 Å². The van der Waals surface area contributed by atoms with Crippen LogP contribution in [-0.4, -0.2) is 40.3 Å². The van der Waals surface area contributed by atoms with Crippen molar-refractivity contribution < 1.29 is 0 Å². The molecule has 5 heteroatoms. The Kier molecular flexibility index (Phi) is 6.60. The zero-order valence-electron chi connectivity index (χ0n) is 17.5. The topological polar surface area (TPSA) is 70.9 Å². The van der Waals surface area contributed by atoms with Crippen molar-refractivity contribution in [3.8, 4) is 0 Å². The third kappa shape index (κ3) is 4.79. The molecule has 3 N–H and O–H groups in total. The van der Waals surface area contributed by atoms with Crippen molar-refractivity contribution in [3.63, 3.8) is 0 Å². The van der Waals surface area contributed by atoms with Gasteiger partial charge >= 0.3 is 0 Å². The Morgan fingerprint density at radius 1 is 1.10 bits per heavy atom. The number of hydrogen-bond acceptors (Lipinski definition) is 4. The molecule has 2 aromatic heterocycles. The third-order valence-electron chi connectivity index (χ3n) is 6.20. The van der Waals surface area contributed by atoms with Crippen molar-refractivity contribution in [2.75, 3.05) is 19.6 Å². The van der Waals surface area contributed by atoms with Crippen molar-refractivity contribution >= 4 is 22.8 Å². The second-order valence-electron chi connectivity index (χ2n) is 8.21. The molecule has 156 valence electrons. The van der Waals surface area contributed by atoms with E-state index < -0.39 is 0 Å². The molecule has 30 heavy (non-hydrogen) atoms. The van der Waals surface area contributed by atoms with Crippen LogP contribution in [0.25, 0.3) is 16.6 Å². The summed E-state index contributed by atoms with van der Waals surface area (Å²) in [6, 6.07) is 16.9. The molecule has 0 atom stereocenters. The second kappa shape index (κ2) is 9.72. The molecule has 1 saturated heterocycles. The van der Waals surface area contributed by atoms with Gasteiger partial charge in [0.2, 0.25) is 0 Å². The molecule has 0 spiro atoms. The fraction of sp³-hybridized carbons (Fsp3) is 0.360. The van der Waals surface area contributed by atoms with E-state index in [1.165, 1.54) is 63.3 Å². The van der Waals surface area contributed by atoms with Crippen molar-refractivity contribution in [2.24, 2.45) is 11.7 Å². The first-order valence-corrected chi connectivity index (χ1v) is 10.9. The highest BCUT2D eigenvalue weighted by molar-refractivity contribution is 6.07. The van der Waals surface area contributed by atoms with E-state index in [0.29, 0.717) is 11.5 Å². The lowest BCUT2D eigenvalue weighted by molar-refractivity contribution is 0.173. The highest BCUT2D eigenvalue weighted by Gasteiger charge is 2.20. The molecule has 3 heterocycles. The monoisotopic (exact) mass is 401 g/mol. The van der Waals surface area contributed by atoms with E-state index in [0.717, 1.165) is 23.3 Å². The van der Waals surface area contributed by atoms with Gasteiger partial charge in [0, 0.05) is 30.7 Å². The maximum Gasteiger partial charge on any atom is 0.0888 e. The summed E-state index contributed by atoms with van der Waals surface area (Å²) in [6.45, 7) is 4.65. The number of aryl methyl sites for hydroxylation is 1. The lowest BCUT2D eigenvalue weighted by atomic mass is 9.96. The smallest absolute Gasteiger partial charge is 0.0888 e. The fourth-order valence-corrected chi connectivity index (χ4v) is 4.42. The zero-order valence-corrected chi connectivity index (χ0v) is 17.5. The van der Waals surface area contributed by atoms with Crippen LogP contribution in [0.15, 0.2) is 60.9 Å². The summed E-state index contributed by atoms with van der Waals surface area (Å²) in [4.78, 5) is 7.30. The van der Waals surface area contributed by atoms with Crippen LogP contribution in [0, 0.1) is 11.3 Å². The first-order valence-electron chi connectivity index (χ1n) is 10.9. The number of piperidine rings is 1. The molecule has 1 fully saturated rings. The Morgan fingerprint density at radius 2 is 1.90 bits per heavy atom.